The minimum Gasteiger partial charge on any atom is -0.373 e. The number of alkyl halides is 3. The van der Waals surface area contributed by atoms with Crippen molar-refractivity contribution < 1.29 is 13.2 Å². The van der Waals surface area contributed by atoms with E-state index in [1.807, 2.05) is 0 Å². The van der Waals surface area contributed by atoms with Gasteiger partial charge in [-0.3, -0.25) is 0 Å². The molecule has 2 nitrogen and oxygen atoms in total. The lowest BCUT2D eigenvalue weighted by atomic mass is 10.2. The first-order valence-corrected chi connectivity index (χ1v) is 5.47. The molecule has 0 saturated heterocycles. The van der Waals surface area contributed by atoms with E-state index in [4.69, 9.17) is 17.3 Å². The average molecular weight is 267 g/mol. The number of halogens is 4. The molecule has 6 heteroatoms. The first-order valence-electron chi connectivity index (χ1n) is 5.10. The number of hydrogen-bond donors (Lipinski definition) is 1. The SMILES string of the molecule is CN(CCC(F)(F)F)c1ccc(CN)cc1Cl. The topological polar surface area (TPSA) is 29.3 Å². The minimum atomic E-state index is -4.15. The van der Waals surface area contributed by atoms with Gasteiger partial charge in [0, 0.05) is 20.1 Å². The van der Waals surface area contributed by atoms with Crippen molar-refractivity contribution in [2.45, 2.75) is 19.1 Å². The van der Waals surface area contributed by atoms with E-state index >= 15 is 0 Å². The van der Waals surface area contributed by atoms with Gasteiger partial charge in [-0.05, 0) is 17.7 Å². The van der Waals surface area contributed by atoms with E-state index in [0.29, 0.717) is 17.3 Å². The van der Waals surface area contributed by atoms with Crippen LogP contribution in [0.3, 0.4) is 0 Å². The molecule has 0 aliphatic heterocycles. The maximum atomic E-state index is 12.1. The molecule has 0 atom stereocenters. The zero-order valence-electron chi connectivity index (χ0n) is 9.39. The van der Waals surface area contributed by atoms with Crippen LogP contribution in [-0.2, 0) is 6.54 Å². The summed E-state index contributed by atoms with van der Waals surface area (Å²) in [5.41, 5.74) is 6.87. The molecule has 2 N–H and O–H groups in total. The van der Waals surface area contributed by atoms with Crippen molar-refractivity contribution in [2.24, 2.45) is 5.73 Å². The molecule has 96 valence electrons. The summed E-state index contributed by atoms with van der Waals surface area (Å²) in [7, 11) is 1.58. The van der Waals surface area contributed by atoms with Gasteiger partial charge in [-0.2, -0.15) is 13.2 Å². The summed E-state index contributed by atoms with van der Waals surface area (Å²) >= 11 is 5.97. The molecule has 1 aromatic rings. The molecule has 17 heavy (non-hydrogen) atoms. The molecular weight excluding hydrogens is 253 g/mol. The van der Waals surface area contributed by atoms with Gasteiger partial charge in [-0.15, -0.1) is 0 Å². The lowest BCUT2D eigenvalue weighted by molar-refractivity contribution is -0.132. The van der Waals surface area contributed by atoms with Crippen LogP contribution in [0.15, 0.2) is 18.2 Å². The average Bonchev–Trinajstić information content (AvgIpc) is 2.24. The quantitative estimate of drug-likeness (QED) is 0.907. The van der Waals surface area contributed by atoms with Gasteiger partial charge < -0.3 is 10.6 Å². The highest BCUT2D eigenvalue weighted by atomic mass is 35.5. The van der Waals surface area contributed by atoms with Crippen LogP contribution in [0.1, 0.15) is 12.0 Å². The minimum absolute atomic E-state index is 0.120. The van der Waals surface area contributed by atoms with Crippen molar-refractivity contribution in [3.63, 3.8) is 0 Å². The summed E-state index contributed by atoms with van der Waals surface area (Å²) in [6, 6.07) is 5.10. The standard InChI is InChI=1S/C11H14ClF3N2/c1-17(5-4-11(13,14)15)10-3-2-8(7-16)6-9(10)12/h2-3,6H,4-5,7,16H2,1H3. The van der Waals surface area contributed by atoms with Gasteiger partial charge in [0.05, 0.1) is 17.1 Å². The Labute approximate surface area is 103 Å². The fourth-order valence-electron chi connectivity index (χ4n) is 1.40. The second-order valence-electron chi connectivity index (χ2n) is 3.78. The molecule has 0 amide bonds. The second-order valence-corrected chi connectivity index (χ2v) is 4.18. The molecule has 0 fully saturated rings. The van der Waals surface area contributed by atoms with Gasteiger partial charge in [0.2, 0.25) is 0 Å². The zero-order chi connectivity index (χ0) is 13.1. The third kappa shape index (κ3) is 4.44. The maximum Gasteiger partial charge on any atom is 0.390 e. The normalized spacial score (nSPS) is 11.6. The highest BCUT2D eigenvalue weighted by Crippen LogP contribution is 2.27. The van der Waals surface area contributed by atoms with Gasteiger partial charge in [0.25, 0.3) is 0 Å². The first-order chi connectivity index (χ1) is 7.83. The fourth-order valence-corrected chi connectivity index (χ4v) is 1.75. The van der Waals surface area contributed by atoms with Crippen LogP contribution in [0.4, 0.5) is 18.9 Å². The molecular formula is C11H14ClF3N2. The number of benzene rings is 1. The molecule has 0 unspecified atom stereocenters. The Hall–Kier alpha value is -0.940. The molecule has 0 heterocycles. The lowest BCUT2D eigenvalue weighted by Gasteiger charge is -2.21. The number of rotatable bonds is 4. The molecule has 0 aliphatic rings. The smallest absolute Gasteiger partial charge is 0.373 e. The predicted molar refractivity (Wildman–Crippen MR) is 63.3 cm³/mol. The van der Waals surface area contributed by atoms with Crippen molar-refractivity contribution in [2.75, 3.05) is 18.5 Å². The van der Waals surface area contributed by atoms with Crippen molar-refractivity contribution in [1.29, 1.82) is 0 Å². The highest BCUT2D eigenvalue weighted by Gasteiger charge is 2.27. The number of anilines is 1. The molecule has 0 radical (unpaired) electrons. The largest absolute Gasteiger partial charge is 0.390 e. The molecule has 0 aliphatic carbocycles. The summed E-state index contributed by atoms with van der Waals surface area (Å²) in [5.74, 6) is 0. The van der Waals surface area contributed by atoms with Gasteiger partial charge in [0.15, 0.2) is 0 Å². The first kappa shape index (κ1) is 14.1. The van der Waals surface area contributed by atoms with Crippen molar-refractivity contribution in [3.05, 3.63) is 28.8 Å². The Kier molecular flexibility index (Phi) is 4.65. The van der Waals surface area contributed by atoms with E-state index in [0.717, 1.165) is 5.56 Å². The summed E-state index contributed by atoms with van der Waals surface area (Å²) in [6.45, 7) is 0.234. The highest BCUT2D eigenvalue weighted by molar-refractivity contribution is 6.33. The van der Waals surface area contributed by atoms with Crippen LogP contribution in [-0.4, -0.2) is 19.8 Å². The predicted octanol–water partition coefficient (Wildman–Crippen LogP) is 3.19. The molecule has 0 aromatic heterocycles. The Morgan fingerprint density at radius 2 is 2.00 bits per heavy atom. The van der Waals surface area contributed by atoms with Crippen LogP contribution < -0.4 is 10.6 Å². The van der Waals surface area contributed by atoms with E-state index in [1.165, 1.54) is 4.90 Å². The van der Waals surface area contributed by atoms with Crippen LogP contribution in [0, 0.1) is 0 Å². The Morgan fingerprint density at radius 1 is 1.35 bits per heavy atom. The van der Waals surface area contributed by atoms with E-state index in [-0.39, 0.29) is 6.54 Å². The lowest BCUT2D eigenvalue weighted by Crippen LogP contribution is -2.24. The van der Waals surface area contributed by atoms with Crippen LogP contribution in [0.2, 0.25) is 5.02 Å². The molecule has 1 rings (SSSR count). The summed E-state index contributed by atoms with van der Waals surface area (Å²) in [5, 5.41) is 0.414. The number of nitrogens with two attached hydrogens (primary N) is 1. The summed E-state index contributed by atoms with van der Waals surface area (Å²) in [4.78, 5) is 1.48. The molecule has 0 spiro atoms. The Morgan fingerprint density at radius 3 is 2.47 bits per heavy atom. The summed E-state index contributed by atoms with van der Waals surface area (Å²) < 4.78 is 36.2. The molecule has 0 bridgehead atoms. The fraction of sp³-hybridized carbons (Fsp3) is 0.455. The van der Waals surface area contributed by atoms with Crippen LogP contribution in [0.25, 0.3) is 0 Å². The van der Waals surface area contributed by atoms with Gasteiger partial charge in [-0.1, -0.05) is 17.7 Å². The Balaban J connectivity index is 2.72. The third-order valence-corrected chi connectivity index (χ3v) is 2.69. The maximum absolute atomic E-state index is 12.1. The second kappa shape index (κ2) is 5.60. The van der Waals surface area contributed by atoms with Crippen LogP contribution in [0.5, 0.6) is 0 Å². The van der Waals surface area contributed by atoms with Crippen molar-refractivity contribution in [1.82, 2.24) is 0 Å². The van der Waals surface area contributed by atoms with Gasteiger partial charge >= 0.3 is 6.18 Å². The van der Waals surface area contributed by atoms with Gasteiger partial charge in [0.1, 0.15) is 0 Å². The Bertz CT molecular complexity index is 379. The third-order valence-electron chi connectivity index (χ3n) is 2.39. The van der Waals surface area contributed by atoms with Crippen molar-refractivity contribution in [3.8, 4) is 0 Å². The van der Waals surface area contributed by atoms with E-state index in [9.17, 15) is 13.2 Å². The van der Waals surface area contributed by atoms with E-state index in [1.54, 1.807) is 25.2 Å². The molecule has 1 aromatic carbocycles. The number of nitrogens with zero attached hydrogens (tertiary/aromatic N) is 1. The molecule has 0 saturated carbocycles. The van der Waals surface area contributed by atoms with E-state index < -0.39 is 12.6 Å². The monoisotopic (exact) mass is 266 g/mol. The number of hydrogen-bond acceptors (Lipinski definition) is 2. The van der Waals surface area contributed by atoms with Crippen LogP contribution >= 0.6 is 11.6 Å². The van der Waals surface area contributed by atoms with Gasteiger partial charge in [-0.25, -0.2) is 0 Å². The zero-order valence-corrected chi connectivity index (χ0v) is 10.1. The van der Waals surface area contributed by atoms with Crippen molar-refractivity contribution >= 4 is 17.3 Å². The van der Waals surface area contributed by atoms with E-state index in [2.05, 4.69) is 0 Å². The summed E-state index contributed by atoms with van der Waals surface area (Å²) in [6.07, 6.45) is -5.02.